The van der Waals surface area contributed by atoms with E-state index in [1.165, 1.54) is 17.6 Å². The van der Waals surface area contributed by atoms with Gasteiger partial charge in [0.1, 0.15) is 0 Å². The molecule has 1 saturated carbocycles. The Balaban J connectivity index is 2.03. The number of nitrogens with one attached hydrogen (secondary N) is 1. The zero-order valence-electron chi connectivity index (χ0n) is 15.2. The fourth-order valence-electron chi connectivity index (χ4n) is 3.08. The first-order chi connectivity index (χ1) is 11.2. The number of nitrogens with zero attached hydrogens (tertiary/aromatic N) is 1. The van der Waals surface area contributed by atoms with Gasteiger partial charge in [-0.3, -0.25) is 9.69 Å². The summed E-state index contributed by atoms with van der Waals surface area (Å²) in [6.07, 6.45) is 1.75. The first-order valence-electron chi connectivity index (χ1n) is 8.06. The second kappa shape index (κ2) is 6.67. The van der Waals surface area contributed by atoms with Crippen LogP contribution in [0.1, 0.15) is 27.7 Å². The predicted octanol–water partition coefficient (Wildman–Crippen LogP) is 4.07. The Bertz CT molecular complexity index is 658. The molecule has 0 aromatic heterocycles. The van der Waals surface area contributed by atoms with E-state index in [2.05, 4.69) is 43.8 Å². The van der Waals surface area contributed by atoms with Gasteiger partial charge in [0.15, 0.2) is 0 Å². The highest BCUT2D eigenvalue weighted by Gasteiger charge is 2.60. The maximum absolute atomic E-state index is 12.5. The lowest BCUT2D eigenvalue weighted by Gasteiger charge is -2.16. The molecule has 1 N–H and O–H groups in total. The number of hydrogen-bond donors (Lipinski definition) is 1. The van der Waals surface area contributed by atoms with Crippen molar-refractivity contribution in [1.82, 2.24) is 0 Å². The number of hydrogen-bond acceptors (Lipinski definition) is 3. The number of amides is 2. The smallest absolute Gasteiger partial charge is 0.413 e. The van der Waals surface area contributed by atoms with Crippen LogP contribution >= 0.6 is 0 Å². The number of carbonyl (C=O) groups excluding carboxylic acids is 2. The third kappa shape index (κ3) is 3.61. The summed E-state index contributed by atoms with van der Waals surface area (Å²) in [5, 5.41) is 2.97. The van der Waals surface area contributed by atoms with Gasteiger partial charge >= 0.3 is 6.09 Å². The van der Waals surface area contributed by atoms with Crippen molar-refractivity contribution in [2.75, 3.05) is 24.4 Å². The molecule has 2 unspecified atom stereocenters. The quantitative estimate of drug-likeness (QED) is 0.847. The van der Waals surface area contributed by atoms with Crippen molar-refractivity contribution in [3.05, 3.63) is 35.9 Å². The Hall–Kier alpha value is -2.30. The van der Waals surface area contributed by atoms with Gasteiger partial charge in [0.05, 0.1) is 13.0 Å². The zero-order chi connectivity index (χ0) is 18.1. The minimum Gasteiger partial charge on any atom is -0.452 e. The molecule has 1 aromatic carbocycles. The summed E-state index contributed by atoms with van der Waals surface area (Å²) in [7, 11) is 2.98. The number of rotatable bonds is 4. The largest absolute Gasteiger partial charge is 0.452 e. The van der Waals surface area contributed by atoms with Gasteiger partial charge in [0.2, 0.25) is 5.91 Å². The molecule has 1 aliphatic rings. The summed E-state index contributed by atoms with van der Waals surface area (Å²) in [4.78, 5) is 25.4. The minimum atomic E-state index is -0.434. The lowest BCUT2D eigenvalue weighted by atomic mass is 10.1. The Morgan fingerprint density at radius 1 is 1.21 bits per heavy atom. The zero-order valence-corrected chi connectivity index (χ0v) is 15.2. The molecule has 24 heavy (non-hydrogen) atoms. The molecule has 130 valence electrons. The van der Waals surface area contributed by atoms with Gasteiger partial charge in [0.25, 0.3) is 0 Å². The van der Waals surface area contributed by atoms with E-state index in [-0.39, 0.29) is 23.2 Å². The van der Waals surface area contributed by atoms with E-state index in [9.17, 15) is 9.59 Å². The van der Waals surface area contributed by atoms with Crippen LogP contribution in [-0.2, 0) is 9.53 Å². The predicted molar refractivity (Wildman–Crippen MR) is 96.1 cm³/mol. The lowest BCUT2D eigenvalue weighted by Crippen LogP contribution is -2.25. The molecule has 5 heteroatoms. The third-order valence-electron chi connectivity index (χ3n) is 4.68. The Kier molecular flexibility index (Phi) is 5.02. The molecule has 5 nitrogen and oxygen atoms in total. The minimum absolute atomic E-state index is 0.00754. The third-order valence-corrected chi connectivity index (χ3v) is 4.68. The average Bonchev–Trinajstić information content (AvgIpc) is 3.06. The molecule has 0 heterocycles. The first-order valence-corrected chi connectivity index (χ1v) is 8.06. The number of carbonyl (C=O) groups is 2. The van der Waals surface area contributed by atoms with Gasteiger partial charge in [-0.2, -0.15) is 0 Å². The van der Waals surface area contributed by atoms with Gasteiger partial charge in [-0.05, 0) is 49.4 Å². The van der Waals surface area contributed by atoms with Crippen molar-refractivity contribution in [3.8, 4) is 0 Å². The van der Waals surface area contributed by atoms with E-state index in [4.69, 9.17) is 0 Å². The van der Waals surface area contributed by atoms with Crippen LogP contribution in [-0.4, -0.2) is 26.2 Å². The SMILES string of the molecule is COC(=O)N(C)c1ccc(NC(=O)C2C(C=C(C)C)C2(C)C)cc1. The van der Waals surface area contributed by atoms with Gasteiger partial charge in [0, 0.05) is 18.4 Å². The maximum Gasteiger partial charge on any atom is 0.413 e. The van der Waals surface area contributed by atoms with Crippen LogP contribution in [0, 0.1) is 17.3 Å². The monoisotopic (exact) mass is 330 g/mol. The maximum atomic E-state index is 12.5. The highest BCUT2D eigenvalue weighted by atomic mass is 16.5. The topological polar surface area (TPSA) is 58.6 Å². The molecule has 2 rings (SSSR count). The van der Waals surface area contributed by atoms with E-state index in [1.807, 2.05) is 0 Å². The van der Waals surface area contributed by atoms with E-state index in [0.29, 0.717) is 5.69 Å². The van der Waals surface area contributed by atoms with E-state index in [0.717, 1.165) is 5.69 Å². The van der Waals surface area contributed by atoms with Crippen LogP contribution in [0.5, 0.6) is 0 Å². The molecule has 1 fully saturated rings. The molecule has 0 saturated heterocycles. The van der Waals surface area contributed by atoms with Gasteiger partial charge < -0.3 is 10.1 Å². The number of anilines is 2. The van der Waals surface area contributed by atoms with Gasteiger partial charge in [-0.15, -0.1) is 0 Å². The van der Waals surface area contributed by atoms with Crippen LogP contribution in [0.2, 0.25) is 0 Å². The highest BCUT2D eigenvalue weighted by Crippen LogP contribution is 2.59. The molecule has 0 spiro atoms. The summed E-state index contributed by atoms with van der Waals surface area (Å²) in [6, 6.07) is 7.13. The second-order valence-corrected chi connectivity index (χ2v) is 7.13. The average molecular weight is 330 g/mol. The van der Waals surface area contributed by atoms with Crippen molar-refractivity contribution in [1.29, 1.82) is 0 Å². The van der Waals surface area contributed by atoms with Crippen LogP contribution in [0.25, 0.3) is 0 Å². The molecule has 0 bridgehead atoms. The fraction of sp³-hybridized carbons (Fsp3) is 0.474. The number of benzene rings is 1. The second-order valence-electron chi connectivity index (χ2n) is 7.13. The Morgan fingerprint density at radius 2 is 1.79 bits per heavy atom. The van der Waals surface area contributed by atoms with Crippen LogP contribution in [0.4, 0.5) is 16.2 Å². The first kappa shape index (κ1) is 18.0. The number of allylic oxidation sites excluding steroid dienone is 2. The van der Waals surface area contributed by atoms with E-state index < -0.39 is 6.09 Å². The lowest BCUT2D eigenvalue weighted by molar-refractivity contribution is -0.118. The molecule has 0 aliphatic heterocycles. The number of ether oxygens (including phenoxy) is 1. The summed E-state index contributed by atoms with van der Waals surface area (Å²) in [6.45, 7) is 8.35. The molecule has 2 atom stereocenters. The summed E-state index contributed by atoms with van der Waals surface area (Å²) >= 11 is 0. The summed E-state index contributed by atoms with van der Waals surface area (Å²) in [5.74, 6) is 0.314. The van der Waals surface area contributed by atoms with Crippen molar-refractivity contribution < 1.29 is 14.3 Å². The Labute approximate surface area is 143 Å². The van der Waals surface area contributed by atoms with E-state index in [1.54, 1.807) is 31.3 Å². The standard InChI is InChI=1S/C19H26N2O3/c1-12(2)11-15-16(19(15,3)4)17(22)20-13-7-9-14(10-8-13)21(5)18(23)24-6/h7-11,15-16H,1-6H3,(H,20,22). The Morgan fingerprint density at radius 3 is 2.29 bits per heavy atom. The molecule has 1 aromatic rings. The van der Waals surface area contributed by atoms with Crippen molar-refractivity contribution >= 4 is 23.4 Å². The summed E-state index contributed by atoms with van der Waals surface area (Å²) in [5.41, 5.74) is 2.65. The summed E-state index contributed by atoms with van der Waals surface area (Å²) < 4.78 is 4.68. The molecule has 2 amide bonds. The van der Waals surface area contributed by atoms with E-state index >= 15 is 0 Å². The normalized spacial score (nSPS) is 20.8. The van der Waals surface area contributed by atoms with Crippen LogP contribution in [0.3, 0.4) is 0 Å². The number of methoxy groups -OCH3 is 1. The van der Waals surface area contributed by atoms with Crippen molar-refractivity contribution in [2.45, 2.75) is 27.7 Å². The van der Waals surface area contributed by atoms with Gasteiger partial charge in [-0.25, -0.2) is 4.79 Å². The van der Waals surface area contributed by atoms with Gasteiger partial charge in [-0.1, -0.05) is 25.5 Å². The molecule has 0 radical (unpaired) electrons. The molecular weight excluding hydrogens is 304 g/mol. The van der Waals surface area contributed by atoms with Crippen LogP contribution in [0.15, 0.2) is 35.9 Å². The van der Waals surface area contributed by atoms with Crippen LogP contribution < -0.4 is 10.2 Å². The molecule has 1 aliphatic carbocycles. The van der Waals surface area contributed by atoms with Crippen molar-refractivity contribution in [2.24, 2.45) is 17.3 Å². The fourth-order valence-corrected chi connectivity index (χ4v) is 3.08. The van der Waals surface area contributed by atoms with Crippen molar-refractivity contribution in [3.63, 3.8) is 0 Å². The highest BCUT2D eigenvalue weighted by molar-refractivity contribution is 5.96. The molecular formula is C19H26N2O3.